The highest BCUT2D eigenvalue weighted by molar-refractivity contribution is 5.40. The first-order valence-electron chi connectivity index (χ1n) is 5.33. The highest BCUT2D eigenvalue weighted by atomic mass is 16.5. The summed E-state index contributed by atoms with van der Waals surface area (Å²) in [4.78, 5) is 4.00. The topological polar surface area (TPSA) is 78.0 Å². The minimum absolute atomic E-state index is 0.311. The van der Waals surface area contributed by atoms with Gasteiger partial charge in [0.25, 0.3) is 0 Å². The van der Waals surface area contributed by atoms with E-state index >= 15 is 0 Å². The largest absolute Gasteiger partial charge is 0.454 e. The third-order valence-electron chi connectivity index (χ3n) is 2.22. The van der Waals surface area contributed by atoms with Crippen LogP contribution in [0.4, 0.5) is 5.82 Å². The number of hydrazine groups is 1. The Morgan fingerprint density at radius 3 is 2.88 bits per heavy atom. The lowest BCUT2D eigenvalue weighted by Gasteiger charge is -2.05. The summed E-state index contributed by atoms with van der Waals surface area (Å²) in [5.74, 6) is 7.18. The maximum atomic E-state index is 5.63. The number of ether oxygens (including phenoxy) is 1. The monoisotopic (exact) mass is 233 g/mol. The lowest BCUT2D eigenvalue weighted by atomic mass is 10.4. The highest BCUT2D eigenvalue weighted by Crippen LogP contribution is 2.22. The molecule has 0 amide bonds. The predicted octanol–water partition coefficient (Wildman–Crippen LogP) is 1.94. The SMILES string of the molecule is CC(C)n1cc(Oc2ccnc(NN)c2)cn1. The zero-order valence-electron chi connectivity index (χ0n) is 9.79. The van der Waals surface area contributed by atoms with Gasteiger partial charge in [0.1, 0.15) is 11.6 Å². The smallest absolute Gasteiger partial charge is 0.165 e. The van der Waals surface area contributed by atoms with Crippen LogP contribution in [0.3, 0.4) is 0 Å². The summed E-state index contributed by atoms with van der Waals surface area (Å²) in [5, 5.41) is 4.19. The first-order valence-corrected chi connectivity index (χ1v) is 5.33. The summed E-state index contributed by atoms with van der Waals surface area (Å²) in [5.41, 5.74) is 2.46. The van der Waals surface area contributed by atoms with Crippen LogP contribution >= 0.6 is 0 Å². The molecule has 0 unspecified atom stereocenters. The van der Waals surface area contributed by atoms with E-state index in [1.54, 1.807) is 24.5 Å². The zero-order valence-corrected chi connectivity index (χ0v) is 9.79. The lowest BCUT2D eigenvalue weighted by Crippen LogP contribution is -2.08. The van der Waals surface area contributed by atoms with E-state index in [2.05, 4.69) is 29.4 Å². The Hall–Kier alpha value is -2.08. The molecule has 2 aromatic heterocycles. The maximum Gasteiger partial charge on any atom is 0.165 e. The van der Waals surface area contributed by atoms with E-state index in [1.807, 2.05) is 10.9 Å². The molecule has 0 spiro atoms. The minimum Gasteiger partial charge on any atom is -0.454 e. The molecule has 0 fully saturated rings. The minimum atomic E-state index is 0.311. The van der Waals surface area contributed by atoms with Crippen molar-refractivity contribution < 1.29 is 4.74 Å². The Balaban J connectivity index is 2.13. The molecule has 0 aliphatic rings. The molecule has 0 saturated carbocycles. The predicted molar refractivity (Wildman–Crippen MR) is 64.7 cm³/mol. The van der Waals surface area contributed by atoms with Crippen molar-refractivity contribution in [3.8, 4) is 11.5 Å². The Morgan fingerprint density at radius 1 is 1.41 bits per heavy atom. The van der Waals surface area contributed by atoms with Crippen LogP contribution in [0.25, 0.3) is 0 Å². The number of nitrogens with zero attached hydrogens (tertiary/aromatic N) is 3. The van der Waals surface area contributed by atoms with Crippen LogP contribution in [-0.4, -0.2) is 14.8 Å². The molecule has 0 saturated heterocycles. The summed E-state index contributed by atoms with van der Waals surface area (Å²) in [6.07, 6.45) is 5.15. The van der Waals surface area contributed by atoms with Gasteiger partial charge in [0.05, 0.1) is 12.4 Å². The zero-order chi connectivity index (χ0) is 12.3. The molecule has 0 radical (unpaired) electrons. The molecular formula is C11H15N5O. The second-order valence-corrected chi connectivity index (χ2v) is 3.87. The van der Waals surface area contributed by atoms with Gasteiger partial charge in [-0.2, -0.15) is 5.10 Å². The first kappa shape index (κ1) is 11.4. The third-order valence-corrected chi connectivity index (χ3v) is 2.22. The number of nitrogen functional groups attached to an aromatic ring is 1. The van der Waals surface area contributed by atoms with Gasteiger partial charge in [-0.25, -0.2) is 10.8 Å². The molecule has 3 N–H and O–H groups in total. The van der Waals surface area contributed by atoms with E-state index in [0.717, 1.165) is 0 Å². The third kappa shape index (κ3) is 2.73. The van der Waals surface area contributed by atoms with Gasteiger partial charge in [-0.3, -0.25) is 4.68 Å². The Morgan fingerprint density at radius 2 is 2.24 bits per heavy atom. The molecule has 6 heteroatoms. The lowest BCUT2D eigenvalue weighted by molar-refractivity contribution is 0.476. The Labute approximate surface area is 99.4 Å². The van der Waals surface area contributed by atoms with E-state index < -0.39 is 0 Å². The van der Waals surface area contributed by atoms with Crippen LogP contribution < -0.4 is 16.0 Å². The fourth-order valence-electron chi connectivity index (χ4n) is 1.35. The molecule has 90 valence electrons. The van der Waals surface area contributed by atoms with Crippen LogP contribution in [0, 0.1) is 0 Å². The van der Waals surface area contributed by atoms with Crippen LogP contribution in [0.5, 0.6) is 11.5 Å². The molecule has 0 aromatic carbocycles. The average molecular weight is 233 g/mol. The molecule has 17 heavy (non-hydrogen) atoms. The van der Waals surface area contributed by atoms with Crippen molar-refractivity contribution in [1.29, 1.82) is 0 Å². The Kier molecular flexibility index (Phi) is 3.24. The van der Waals surface area contributed by atoms with E-state index in [-0.39, 0.29) is 0 Å². The van der Waals surface area contributed by atoms with Crippen LogP contribution in [0.1, 0.15) is 19.9 Å². The summed E-state index contributed by atoms with van der Waals surface area (Å²) < 4.78 is 7.46. The fourth-order valence-corrected chi connectivity index (χ4v) is 1.35. The van der Waals surface area contributed by atoms with Crippen LogP contribution in [-0.2, 0) is 0 Å². The number of pyridine rings is 1. The van der Waals surface area contributed by atoms with E-state index in [1.165, 1.54) is 0 Å². The van der Waals surface area contributed by atoms with Gasteiger partial charge < -0.3 is 10.2 Å². The molecule has 0 atom stereocenters. The normalized spacial score (nSPS) is 10.6. The molecule has 0 aliphatic carbocycles. The van der Waals surface area contributed by atoms with Gasteiger partial charge in [-0.15, -0.1) is 0 Å². The molecular weight excluding hydrogens is 218 g/mol. The summed E-state index contributed by atoms with van der Waals surface area (Å²) in [6.45, 7) is 4.11. The summed E-state index contributed by atoms with van der Waals surface area (Å²) >= 11 is 0. The van der Waals surface area contributed by atoms with Crippen LogP contribution in [0.2, 0.25) is 0 Å². The number of nitrogens with two attached hydrogens (primary N) is 1. The Bertz CT molecular complexity index is 494. The van der Waals surface area contributed by atoms with E-state index in [9.17, 15) is 0 Å². The van der Waals surface area contributed by atoms with Crippen molar-refractivity contribution in [2.45, 2.75) is 19.9 Å². The van der Waals surface area contributed by atoms with Gasteiger partial charge in [0.15, 0.2) is 5.75 Å². The molecule has 2 rings (SSSR count). The van der Waals surface area contributed by atoms with Gasteiger partial charge in [-0.05, 0) is 19.9 Å². The van der Waals surface area contributed by atoms with Crippen LogP contribution in [0.15, 0.2) is 30.7 Å². The van der Waals surface area contributed by atoms with Crippen molar-refractivity contribution in [2.24, 2.45) is 5.84 Å². The van der Waals surface area contributed by atoms with Crippen molar-refractivity contribution >= 4 is 5.82 Å². The average Bonchev–Trinajstić information content (AvgIpc) is 2.78. The summed E-state index contributed by atoms with van der Waals surface area (Å²) in [6, 6.07) is 3.78. The highest BCUT2D eigenvalue weighted by Gasteiger charge is 2.04. The van der Waals surface area contributed by atoms with Crippen molar-refractivity contribution in [3.63, 3.8) is 0 Å². The van der Waals surface area contributed by atoms with E-state index in [4.69, 9.17) is 10.6 Å². The second-order valence-electron chi connectivity index (χ2n) is 3.87. The molecule has 6 nitrogen and oxygen atoms in total. The number of aromatic nitrogens is 3. The fraction of sp³-hybridized carbons (Fsp3) is 0.273. The standard InChI is InChI=1S/C11H15N5O/c1-8(2)16-7-10(6-14-16)17-9-3-4-13-11(5-9)15-12/h3-8H,12H2,1-2H3,(H,13,15). The number of hydrogen-bond donors (Lipinski definition) is 2. The van der Waals surface area contributed by atoms with Gasteiger partial charge in [0, 0.05) is 18.3 Å². The first-order chi connectivity index (χ1) is 8.19. The molecule has 2 aromatic rings. The molecule has 0 aliphatic heterocycles. The van der Waals surface area contributed by atoms with Crippen molar-refractivity contribution in [3.05, 3.63) is 30.7 Å². The number of hydrogen-bond acceptors (Lipinski definition) is 5. The van der Waals surface area contributed by atoms with Gasteiger partial charge >= 0.3 is 0 Å². The van der Waals surface area contributed by atoms with Crippen molar-refractivity contribution in [2.75, 3.05) is 5.43 Å². The summed E-state index contributed by atoms with van der Waals surface area (Å²) in [7, 11) is 0. The quantitative estimate of drug-likeness (QED) is 0.623. The van der Waals surface area contributed by atoms with Gasteiger partial charge in [-0.1, -0.05) is 0 Å². The van der Waals surface area contributed by atoms with E-state index in [0.29, 0.717) is 23.4 Å². The number of anilines is 1. The second kappa shape index (κ2) is 4.84. The molecule has 0 bridgehead atoms. The number of nitrogens with one attached hydrogen (secondary N) is 1. The number of rotatable bonds is 4. The van der Waals surface area contributed by atoms with Crippen molar-refractivity contribution in [1.82, 2.24) is 14.8 Å². The maximum absolute atomic E-state index is 5.63. The van der Waals surface area contributed by atoms with Gasteiger partial charge in [0.2, 0.25) is 0 Å². The molecule has 2 heterocycles.